The number of nitriles is 1. The molecule has 1 aromatic carbocycles. The fraction of sp³-hybridized carbons (Fsp3) is 0.417. The Labute approximate surface area is 95.6 Å². The Morgan fingerprint density at radius 3 is 2.56 bits per heavy atom. The van der Waals surface area contributed by atoms with E-state index in [9.17, 15) is 0 Å². The molecule has 0 radical (unpaired) electrons. The van der Waals surface area contributed by atoms with Gasteiger partial charge in [0.05, 0.1) is 18.7 Å². The molecule has 0 saturated carbocycles. The minimum Gasteiger partial charge on any atom is -0.493 e. The van der Waals surface area contributed by atoms with Crippen LogP contribution in [0, 0.1) is 11.3 Å². The van der Waals surface area contributed by atoms with E-state index < -0.39 is 5.60 Å². The maximum Gasteiger partial charge on any atom is 0.162 e. The molecule has 0 saturated heterocycles. The number of benzene rings is 1. The normalized spacial score (nSPS) is 10.7. The van der Waals surface area contributed by atoms with Gasteiger partial charge in [0.1, 0.15) is 5.60 Å². The molecule has 0 atom stereocenters. The second kappa shape index (κ2) is 4.86. The Hall–Kier alpha value is -1.73. The molecule has 0 fully saturated rings. The Morgan fingerprint density at radius 1 is 1.38 bits per heavy atom. The van der Waals surface area contributed by atoms with Crippen LogP contribution in [0.1, 0.15) is 19.4 Å². The zero-order valence-electron chi connectivity index (χ0n) is 9.78. The lowest BCUT2D eigenvalue weighted by molar-refractivity contribution is 0.114. The smallest absolute Gasteiger partial charge is 0.162 e. The minimum absolute atomic E-state index is 0.399. The molecule has 1 aromatic rings. The summed E-state index contributed by atoms with van der Waals surface area (Å²) in [6.45, 7) is 4.19. The largest absolute Gasteiger partial charge is 0.493 e. The third-order valence-corrected chi connectivity index (χ3v) is 2.17. The summed E-state index contributed by atoms with van der Waals surface area (Å²) in [5.74, 6) is 1.14. The highest BCUT2D eigenvalue weighted by Gasteiger charge is 2.19. The van der Waals surface area contributed by atoms with E-state index in [2.05, 4.69) is 0 Å². The van der Waals surface area contributed by atoms with Crippen molar-refractivity contribution < 1.29 is 9.47 Å². The SMILES string of the molecule is COc1cc(C#N)ccc1OC(C)(C)CN. The van der Waals surface area contributed by atoms with Crippen LogP contribution in [0.3, 0.4) is 0 Å². The second-order valence-electron chi connectivity index (χ2n) is 4.04. The van der Waals surface area contributed by atoms with Crippen molar-refractivity contribution in [3.8, 4) is 17.6 Å². The van der Waals surface area contributed by atoms with Gasteiger partial charge in [-0.2, -0.15) is 5.26 Å². The van der Waals surface area contributed by atoms with Gasteiger partial charge in [-0.15, -0.1) is 0 Å². The second-order valence-corrected chi connectivity index (χ2v) is 4.04. The lowest BCUT2D eigenvalue weighted by atomic mass is 10.1. The van der Waals surface area contributed by atoms with Crippen molar-refractivity contribution in [3.05, 3.63) is 23.8 Å². The third-order valence-electron chi connectivity index (χ3n) is 2.17. The molecule has 4 heteroatoms. The van der Waals surface area contributed by atoms with Crippen molar-refractivity contribution in [2.75, 3.05) is 13.7 Å². The van der Waals surface area contributed by atoms with Crippen LogP contribution in [-0.2, 0) is 0 Å². The fourth-order valence-electron chi connectivity index (χ4n) is 1.16. The molecule has 0 aliphatic heterocycles. The van der Waals surface area contributed by atoms with Gasteiger partial charge in [-0.05, 0) is 26.0 Å². The molecule has 0 heterocycles. The highest BCUT2D eigenvalue weighted by atomic mass is 16.5. The van der Waals surface area contributed by atoms with Gasteiger partial charge in [-0.25, -0.2) is 0 Å². The molecular weight excluding hydrogens is 204 g/mol. The maximum absolute atomic E-state index is 8.76. The minimum atomic E-state index is -0.457. The predicted octanol–water partition coefficient (Wildman–Crippen LogP) is 1.68. The molecule has 1 rings (SSSR count). The molecule has 2 N–H and O–H groups in total. The van der Waals surface area contributed by atoms with Gasteiger partial charge >= 0.3 is 0 Å². The van der Waals surface area contributed by atoms with E-state index in [0.717, 1.165) is 0 Å². The number of hydrogen-bond acceptors (Lipinski definition) is 4. The summed E-state index contributed by atoms with van der Waals surface area (Å²) in [5.41, 5.74) is 5.66. The van der Waals surface area contributed by atoms with Gasteiger partial charge in [0.2, 0.25) is 0 Å². The van der Waals surface area contributed by atoms with Crippen molar-refractivity contribution >= 4 is 0 Å². The van der Waals surface area contributed by atoms with Crippen molar-refractivity contribution in [2.45, 2.75) is 19.4 Å². The molecule has 0 unspecified atom stereocenters. The zero-order valence-corrected chi connectivity index (χ0v) is 9.78. The molecule has 4 nitrogen and oxygen atoms in total. The molecule has 16 heavy (non-hydrogen) atoms. The van der Waals surface area contributed by atoms with Crippen LogP contribution in [0.4, 0.5) is 0 Å². The number of rotatable bonds is 4. The van der Waals surface area contributed by atoms with Crippen molar-refractivity contribution in [1.29, 1.82) is 5.26 Å². The molecule has 0 bridgehead atoms. The summed E-state index contributed by atoms with van der Waals surface area (Å²) in [6.07, 6.45) is 0. The summed E-state index contributed by atoms with van der Waals surface area (Å²) in [4.78, 5) is 0. The average Bonchev–Trinajstić information content (AvgIpc) is 2.29. The van der Waals surface area contributed by atoms with Gasteiger partial charge < -0.3 is 15.2 Å². The molecule has 0 aliphatic carbocycles. The van der Waals surface area contributed by atoms with E-state index in [1.54, 1.807) is 25.3 Å². The van der Waals surface area contributed by atoms with E-state index in [1.807, 2.05) is 19.9 Å². The summed E-state index contributed by atoms with van der Waals surface area (Å²) < 4.78 is 10.9. The average molecular weight is 220 g/mol. The standard InChI is InChI=1S/C12H16N2O2/c1-12(2,8-14)16-10-5-4-9(7-13)6-11(10)15-3/h4-6H,8,14H2,1-3H3. The molecule has 0 spiro atoms. The quantitative estimate of drug-likeness (QED) is 0.838. The molecule has 0 aromatic heterocycles. The van der Waals surface area contributed by atoms with Gasteiger partial charge in [-0.1, -0.05) is 0 Å². The highest BCUT2D eigenvalue weighted by Crippen LogP contribution is 2.30. The summed E-state index contributed by atoms with van der Waals surface area (Å²) in [6, 6.07) is 7.09. The third kappa shape index (κ3) is 2.88. The maximum atomic E-state index is 8.76. The summed E-state index contributed by atoms with van der Waals surface area (Å²) in [5, 5.41) is 8.76. The monoisotopic (exact) mass is 220 g/mol. The number of ether oxygens (including phenoxy) is 2. The first-order valence-corrected chi connectivity index (χ1v) is 4.99. The number of methoxy groups -OCH3 is 1. The van der Waals surface area contributed by atoms with Crippen LogP contribution in [0.2, 0.25) is 0 Å². The van der Waals surface area contributed by atoms with Gasteiger partial charge in [0.15, 0.2) is 11.5 Å². The van der Waals surface area contributed by atoms with E-state index in [4.69, 9.17) is 20.5 Å². The van der Waals surface area contributed by atoms with Crippen molar-refractivity contribution in [3.63, 3.8) is 0 Å². The summed E-state index contributed by atoms with van der Waals surface area (Å²) >= 11 is 0. The first-order valence-electron chi connectivity index (χ1n) is 4.99. The molecule has 0 aliphatic rings. The summed E-state index contributed by atoms with van der Waals surface area (Å²) in [7, 11) is 1.54. The number of nitrogens with two attached hydrogens (primary N) is 1. The number of nitrogens with zero attached hydrogens (tertiary/aromatic N) is 1. The topological polar surface area (TPSA) is 68.3 Å². The van der Waals surface area contributed by atoms with Crippen LogP contribution in [0.5, 0.6) is 11.5 Å². The Kier molecular flexibility index (Phi) is 3.75. The van der Waals surface area contributed by atoms with Gasteiger partial charge in [0, 0.05) is 12.6 Å². The van der Waals surface area contributed by atoms with Crippen LogP contribution in [0.15, 0.2) is 18.2 Å². The van der Waals surface area contributed by atoms with Gasteiger partial charge in [0.25, 0.3) is 0 Å². The number of hydrogen-bond donors (Lipinski definition) is 1. The predicted molar refractivity (Wildman–Crippen MR) is 61.5 cm³/mol. The van der Waals surface area contributed by atoms with Crippen molar-refractivity contribution in [1.82, 2.24) is 0 Å². The first-order chi connectivity index (χ1) is 7.52. The van der Waals surface area contributed by atoms with E-state index in [0.29, 0.717) is 23.6 Å². The van der Waals surface area contributed by atoms with Crippen LogP contribution in [-0.4, -0.2) is 19.3 Å². The van der Waals surface area contributed by atoms with Crippen LogP contribution in [0.25, 0.3) is 0 Å². The Bertz CT molecular complexity index is 408. The lowest BCUT2D eigenvalue weighted by Crippen LogP contribution is -2.37. The van der Waals surface area contributed by atoms with E-state index in [1.165, 1.54) is 0 Å². The highest BCUT2D eigenvalue weighted by molar-refractivity contribution is 5.46. The van der Waals surface area contributed by atoms with E-state index >= 15 is 0 Å². The van der Waals surface area contributed by atoms with Crippen LogP contribution < -0.4 is 15.2 Å². The molecule has 0 amide bonds. The zero-order chi connectivity index (χ0) is 12.2. The Balaban J connectivity index is 3.01. The molecule has 86 valence electrons. The van der Waals surface area contributed by atoms with E-state index in [-0.39, 0.29) is 0 Å². The Morgan fingerprint density at radius 2 is 2.06 bits per heavy atom. The fourth-order valence-corrected chi connectivity index (χ4v) is 1.16. The van der Waals surface area contributed by atoms with Crippen molar-refractivity contribution in [2.24, 2.45) is 5.73 Å². The first kappa shape index (κ1) is 12.3. The van der Waals surface area contributed by atoms with Crippen LogP contribution >= 0.6 is 0 Å². The lowest BCUT2D eigenvalue weighted by Gasteiger charge is -2.25. The van der Waals surface area contributed by atoms with Gasteiger partial charge in [-0.3, -0.25) is 0 Å². The molecular formula is C12H16N2O2.